The zero-order valence-electron chi connectivity index (χ0n) is 6.04. The fourth-order valence-electron chi connectivity index (χ4n) is 1.07. The molecule has 2 aromatic rings. The molecule has 0 bridgehead atoms. The molecule has 0 saturated carbocycles. The van der Waals surface area contributed by atoms with E-state index in [1.165, 1.54) is 11.3 Å². The number of fused-ring (bicyclic) bond motifs is 1. The van der Waals surface area contributed by atoms with E-state index in [9.17, 15) is 5.11 Å². The number of hydrogen-bond acceptors (Lipinski definition) is 3. The number of phenolic OH excluding ortho intramolecular Hbond substituents is 1. The molecule has 1 aromatic carbocycles. The molecule has 0 unspecified atom stereocenters. The van der Waals surface area contributed by atoms with Gasteiger partial charge in [-0.25, -0.2) is 0 Å². The van der Waals surface area contributed by atoms with Crippen LogP contribution in [0.25, 0.3) is 10.1 Å². The van der Waals surface area contributed by atoms with Gasteiger partial charge in [-0.05, 0) is 22.9 Å². The van der Waals surface area contributed by atoms with Gasteiger partial charge in [0.2, 0.25) is 0 Å². The van der Waals surface area contributed by atoms with Crippen LogP contribution in [0.3, 0.4) is 0 Å². The molecular formula is C8H6ClNOS. The van der Waals surface area contributed by atoms with E-state index in [2.05, 4.69) is 0 Å². The van der Waals surface area contributed by atoms with Crippen LogP contribution in [-0.2, 0) is 0 Å². The Kier molecular flexibility index (Phi) is 1.63. The Hall–Kier alpha value is -0.930. The highest BCUT2D eigenvalue weighted by molar-refractivity contribution is 7.17. The molecule has 0 saturated heterocycles. The minimum atomic E-state index is 0.0903. The highest BCUT2D eigenvalue weighted by atomic mass is 35.5. The monoisotopic (exact) mass is 199 g/mol. The number of phenols is 1. The number of hydrogen-bond donors (Lipinski definition) is 2. The summed E-state index contributed by atoms with van der Waals surface area (Å²) >= 11 is 7.22. The topological polar surface area (TPSA) is 46.2 Å². The molecule has 0 aliphatic carbocycles. The van der Waals surface area contributed by atoms with Gasteiger partial charge in [0.25, 0.3) is 0 Å². The summed E-state index contributed by atoms with van der Waals surface area (Å²) in [4.78, 5) is 0. The highest BCUT2D eigenvalue weighted by Gasteiger charge is 2.08. The lowest BCUT2D eigenvalue weighted by molar-refractivity contribution is 0.485. The van der Waals surface area contributed by atoms with Gasteiger partial charge >= 0.3 is 0 Å². The molecule has 62 valence electrons. The van der Waals surface area contributed by atoms with Crippen molar-refractivity contribution in [3.63, 3.8) is 0 Å². The molecule has 0 aliphatic rings. The molecule has 3 N–H and O–H groups in total. The number of aromatic hydroxyl groups is 1. The fraction of sp³-hybridized carbons (Fsp3) is 0. The van der Waals surface area contributed by atoms with Gasteiger partial charge in [-0.3, -0.25) is 0 Å². The SMILES string of the molecule is Nc1c(Cl)cc2ccsc2c1O. The summed E-state index contributed by atoms with van der Waals surface area (Å²) < 4.78 is 0.789. The largest absolute Gasteiger partial charge is 0.504 e. The predicted molar refractivity (Wildman–Crippen MR) is 52.9 cm³/mol. The van der Waals surface area contributed by atoms with Gasteiger partial charge in [-0.15, -0.1) is 11.3 Å². The summed E-state index contributed by atoms with van der Waals surface area (Å²) in [6.45, 7) is 0. The smallest absolute Gasteiger partial charge is 0.157 e. The van der Waals surface area contributed by atoms with Gasteiger partial charge in [0.05, 0.1) is 15.4 Å². The molecule has 0 radical (unpaired) electrons. The first-order valence-corrected chi connectivity index (χ1v) is 4.60. The minimum Gasteiger partial charge on any atom is -0.504 e. The first kappa shape index (κ1) is 7.71. The number of anilines is 1. The van der Waals surface area contributed by atoms with Gasteiger partial charge in [0.1, 0.15) is 0 Å². The molecule has 1 heterocycles. The molecule has 2 rings (SSSR count). The number of nitrogens with two attached hydrogens (primary N) is 1. The first-order chi connectivity index (χ1) is 5.70. The Morgan fingerprint density at radius 3 is 3.00 bits per heavy atom. The average molecular weight is 200 g/mol. The van der Waals surface area contributed by atoms with E-state index in [0.29, 0.717) is 5.02 Å². The second-order valence-electron chi connectivity index (χ2n) is 2.46. The minimum absolute atomic E-state index is 0.0903. The van der Waals surface area contributed by atoms with E-state index in [4.69, 9.17) is 17.3 Å². The van der Waals surface area contributed by atoms with Gasteiger partial charge in [-0.1, -0.05) is 11.6 Å². The quantitative estimate of drug-likeness (QED) is 0.506. The van der Waals surface area contributed by atoms with Gasteiger partial charge in [-0.2, -0.15) is 0 Å². The van der Waals surface area contributed by atoms with Gasteiger partial charge in [0.15, 0.2) is 5.75 Å². The zero-order chi connectivity index (χ0) is 8.72. The van der Waals surface area contributed by atoms with Crippen LogP contribution in [0.2, 0.25) is 5.02 Å². The molecule has 0 amide bonds. The number of rotatable bonds is 0. The number of halogens is 1. The maximum Gasteiger partial charge on any atom is 0.157 e. The summed E-state index contributed by atoms with van der Waals surface area (Å²) in [5, 5.41) is 12.7. The highest BCUT2D eigenvalue weighted by Crippen LogP contribution is 2.39. The van der Waals surface area contributed by atoms with Crippen molar-refractivity contribution in [2.75, 3.05) is 5.73 Å². The molecule has 0 atom stereocenters. The van der Waals surface area contributed by atoms with Crippen molar-refractivity contribution in [2.45, 2.75) is 0 Å². The lowest BCUT2D eigenvalue weighted by atomic mass is 10.2. The van der Waals surface area contributed by atoms with Crippen molar-refractivity contribution in [1.82, 2.24) is 0 Å². The molecule has 12 heavy (non-hydrogen) atoms. The fourth-order valence-corrected chi connectivity index (χ4v) is 2.12. The normalized spacial score (nSPS) is 10.8. The lowest BCUT2D eigenvalue weighted by Crippen LogP contribution is -1.86. The van der Waals surface area contributed by atoms with Crippen LogP contribution in [0, 0.1) is 0 Å². The summed E-state index contributed by atoms with van der Waals surface area (Å²) in [7, 11) is 0. The Morgan fingerprint density at radius 2 is 2.25 bits per heavy atom. The molecule has 4 heteroatoms. The second-order valence-corrected chi connectivity index (χ2v) is 3.78. The van der Waals surface area contributed by atoms with Crippen molar-refractivity contribution >= 4 is 38.7 Å². The average Bonchev–Trinajstić information content (AvgIpc) is 2.48. The lowest BCUT2D eigenvalue weighted by Gasteiger charge is -2.01. The molecular weight excluding hydrogens is 194 g/mol. The standard InChI is InChI=1S/C8H6ClNOS/c9-5-3-4-1-2-12-8(4)7(11)6(5)10/h1-3,11H,10H2. The summed E-state index contributed by atoms with van der Waals surface area (Å²) in [6, 6.07) is 3.65. The Balaban J connectivity index is 2.94. The molecule has 0 fully saturated rings. The van der Waals surface area contributed by atoms with E-state index in [1.54, 1.807) is 6.07 Å². The first-order valence-electron chi connectivity index (χ1n) is 3.34. The summed E-state index contributed by atoms with van der Waals surface area (Å²) in [5.41, 5.74) is 5.79. The third-order valence-corrected chi connectivity index (χ3v) is 2.96. The maximum absolute atomic E-state index is 9.53. The molecule has 0 spiro atoms. The van der Waals surface area contributed by atoms with Gasteiger partial charge < -0.3 is 10.8 Å². The third-order valence-electron chi connectivity index (χ3n) is 1.71. The van der Waals surface area contributed by atoms with Gasteiger partial charge in [0, 0.05) is 0 Å². The number of benzene rings is 1. The molecule has 0 aliphatic heterocycles. The summed E-state index contributed by atoms with van der Waals surface area (Å²) in [6.07, 6.45) is 0. The Bertz CT molecular complexity index is 438. The van der Waals surface area contributed by atoms with Crippen molar-refractivity contribution < 1.29 is 5.11 Å². The van der Waals surface area contributed by atoms with E-state index in [-0.39, 0.29) is 11.4 Å². The van der Waals surface area contributed by atoms with E-state index < -0.39 is 0 Å². The van der Waals surface area contributed by atoms with Crippen molar-refractivity contribution in [1.29, 1.82) is 0 Å². The van der Waals surface area contributed by atoms with Crippen molar-refractivity contribution in [3.8, 4) is 5.75 Å². The van der Waals surface area contributed by atoms with Crippen LogP contribution in [-0.4, -0.2) is 5.11 Å². The van der Waals surface area contributed by atoms with E-state index in [0.717, 1.165) is 10.1 Å². The van der Waals surface area contributed by atoms with Crippen LogP contribution in [0.1, 0.15) is 0 Å². The van der Waals surface area contributed by atoms with Crippen LogP contribution < -0.4 is 5.73 Å². The maximum atomic E-state index is 9.53. The number of thiophene rings is 1. The predicted octanol–water partition coefficient (Wildman–Crippen LogP) is 2.84. The van der Waals surface area contributed by atoms with E-state index in [1.807, 2.05) is 11.4 Å². The summed E-state index contributed by atoms with van der Waals surface area (Å²) in [5.74, 6) is 0.0903. The Labute approximate surface area is 78.2 Å². The molecule has 2 nitrogen and oxygen atoms in total. The van der Waals surface area contributed by atoms with E-state index >= 15 is 0 Å². The van der Waals surface area contributed by atoms with Crippen LogP contribution in [0.5, 0.6) is 5.75 Å². The second kappa shape index (κ2) is 2.54. The van der Waals surface area contributed by atoms with Crippen molar-refractivity contribution in [3.05, 3.63) is 22.5 Å². The van der Waals surface area contributed by atoms with Crippen LogP contribution in [0.15, 0.2) is 17.5 Å². The number of nitrogen functional groups attached to an aromatic ring is 1. The van der Waals surface area contributed by atoms with Crippen molar-refractivity contribution in [2.24, 2.45) is 0 Å². The third kappa shape index (κ3) is 0.940. The zero-order valence-corrected chi connectivity index (χ0v) is 7.62. The van der Waals surface area contributed by atoms with Crippen LogP contribution >= 0.6 is 22.9 Å². The van der Waals surface area contributed by atoms with Crippen LogP contribution in [0.4, 0.5) is 5.69 Å². The Morgan fingerprint density at radius 1 is 1.50 bits per heavy atom. The molecule has 1 aromatic heterocycles.